The van der Waals surface area contributed by atoms with E-state index in [4.69, 9.17) is 0 Å². The van der Waals surface area contributed by atoms with Crippen molar-refractivity contribution in [3.05, 3.63) is 53.2 Å². The molecule has 0 aromatic carbocycles. The van der Waals surface area contributed by atoms with Crippen molar-refractivity contribution in [2.45, 2.75) is 38.4 Å². The molecule has 2 heterocycles. The molecule has 0 radical (unpaired) electrons. The van der Waals surface area contributed by atoms with Crippen LogP contribution in [0, 0.1) is 11.7 Å². The molecule has 6 nitrogen and oxygen atoms in total. The van der Waals surface area contributed by atoms with E-state index in [1.54, 1.807) is 25.3 Å². The van der Waals surface area contributed by atoms with Crippen LogP contribution in [0.4, 0.5) is 17.6 Å². The van der Waals surface area contributed by atoms with Crippen LogP contribution in [0.3, 0.4) is 0 Å². The number of carbonyl (C=O) groups excluding carboxylic acids is 2. The number of hydrogen-bond donors (Lipinski definition) is 1. The molecule has 1 amide bonds. The van der Waals surface area contributed by atoms with Crippen LogP contribution in [-0.2, 0) is 11.2 Å². The molecule has 1 aliphatic rings. The number of halogens is 4. The molecule has 30 heavy (non-hydrogen) atoms. The Morgan fingerprint density at radius 2 is 2.00 bits per heavy atom. The highest BCUT2D eigenvalue weighted by Crippen LogP contribution is 2.31. The highest BCUT2D eigenvalue weighted by atomic mass is 19.4. The highest BCUT2D eigenvalue weighted by Gasteiger charge is 2.30. The van der Waals surface area contributed by atoms with Crippen molar-refractivity contribution in [2.24, 2.45) is 5.92 Å². The Morgan fingerprint density at radius 3 is 2.63 bits per heavy atom. The quantitative estimate of drug-likeness (QED) is 0.654. The molecule has 1 fully saturated rings. The first-order valence-corrected chi connectivity index (χ1v) is 9.26. The first-order valence-electron chi connectivity index (χ1n) is 9.26. The fourth-order valence-corrected chi connectivity index (χ4v) is 2.76. The molecule has 3 rings (SSSR count). The summed E-state index contributed by atoms with van der Waals surface area (Å²) < 4.78 is 54.7. The van der Waals surface area contributed by atoms with Crippen LogP contribution in [0.5, 0.6) is 5.88 Å². The minimum Gasteiger partial charge on any atom is -0.466 e. The van der Waals surface area contributed by atoms with Gasteiger partial charge in [-0.25, -0.2) is 9.37 Å². The summed E-state index contributed by atoms with van der Waals surface area (Å²) in [5.74, 6) is -2.41. The van der Waals surface area contributed by atoms with Gasteiger partial charge in [0.05, 0.1) is 11.6 Å². The summed E-state index contributed by atoms with van der Waals surface area (Å²) in [6.07, 6.45) is -0.101. The van der Waals surface area contributed by atoms with Crippen molar-refractivity contribution in [1.29, 1.82) is 0 Å². The second-order valence-electron chi connectivity index (χ2n) is 7.11. The van der Waals surface area contributed by atoms with Gasteiger partial charge in [-0.1, -0.05) is 0 Å². The molecule has 2 aromatic heterocycles. The standard InChI is InChI=1S/C20H19F4N3O3/c1-11(13-4-5-25-15(6-13)8-17(28)12-2-3-12)27-18(29)14-7-16(21)19(26-9-14)30-10-20(22,23)24/h4-7,9,11-12H,2-3,8,10H2,1H3,(H,27,29). The Balaban J connectivity index is 1.62. The third-order valence-corrected chi connectivity index (χ3v) is 4.52. The van der Waals surface area contributed by atoms with E-state index in [2.05, 4.69) is 20.0 Å². The third-order valence-electron chi connectivity index (χ3n) is 4.52. The van der Waals surface area contributed by atoms with Crippen LogP contribution in [-0.4, -0.2) is 34.4 Å². The van der Waals surface area contributed by atoms with Crippen LogP contribution >= 0.6 is 0 Å². The molecular weight excluding hydrogens is 406 g/mol. The zero-order valence-corrected chi connectivity index (χ0v) is 16.0. The van der Waals surface area contributed by atoms with Gasteiger partial charge < -0.3 is 10.1 Å². The van der Waals surface area contributed by atoms with E-state index in [0.717, 1.165) is 25.1 Å². The minimum absolute atomic E-state index is 0.123. The minimum atomic E-state index is -4.63. The van der Waals surface area contributed by atoms with Gasteiger partial charge in [-0.15, -0.1) is 0 Å². The number of ether oxygens (including phenoxy) is 1. The summed E-state index contributed by atoms with van der Waals surface area (Å²) in [6, 6.07) is 3.67. The first kappa shape index (κ1) is 21.7. The molecule has 0 aliphatic heterocycles. The van der Waals surface area contributed by atoms with Gasteiger partial charge in [-0.3, -0.25) is 14.6 Å². The van der Waals surface area contributed by atoms with Crippen molar-refractivity contribution < 1.29 is 31.9 Å². The average Bonchev–Trinajstić information content (AvgIpc) is 3.51. The summed E-state index contributed by atoms with van der Waals surface area (Å²) in [5, 5.41) is 2.65. The maximum Gasteiger partial charge on any atom is 0.422 e. The fourth-order valence-electron chi connectivity index (χ4n) is 2.76. The van der Waals surface area contributed by atoms with Crippen molar-refractivity contribution in [1.82, 2.24) is 15.3 Å². The molecule has 0 bridgehead atoms. The van der Waals surface area contributed by atoms with Gasteiger partial charge in [-0.2, -0.15) is 13.2 Å². The lowest BCUT2D eigenvalue weighted by Crippen LogP contribution is -2.27. The number of rotatable bonds is 8. The Morgan fingerprint density at radius 1 is 1.27 bits per heavy atom. The van der Waals surface area contributed by atoms with E-state index < -0.39 is 36.4 Å². The van der Waals surface area contributed by atoms with Crippen LogP contribution in [0.2, 0.25) is 0 Å². The maximum absolute atomic E-state index is 13.9. The predicted octanol–water partition coefficient (Wildman–Crippen LogP) is 3.57. The highest BCUT2D eigenvalue weighted by molar-refractivity contribution is 5.94. The lowest BCUT2D eigenvalue weighted by molar-refractivity contribution is -0.154. The number of aromatic nitrogens is 2. The molecule has 1 aliphatic carbocycles. The molecule has 1 saturated carbocycles. The van der Waals surface area contributed by atoms with Crippen molar-refractivity contribution in [2.75, 3.05) is 6.61 Å². The average molecular weight is 425 g/mol. The number of pyridine rings is 2. The molecule has 10 heteroatoms. The Labute approximate surface area is 169 Å². The van der Waals surface area contributed by atoms with Crippen LogP contribution in [0.25, 0.3) is 0 Å². The molecule has 1 atom stereocenters. The Hall–Kier alpha value is -3.04. The van der Waals surface area contributed by atoms with E-state index in [1.165, 1.54) is 0 Å². The SMILES string of the molecule is CC(NC(=O)c1cnc(OCC(F)(F)F)c(F)c1)c1ccnc(CC(=O)C2CC2)c1. The van der Waals surface area contributed by atoms with Gasteiger partial charge in [0.1, 0.15) is 5.78 Å². The second kappa shape index (κ2) is 8.76. The summed E-state index contributed by atoms with van der Waals surface area (Å²) in [5.41, 5.74) is 1.14. The number of amides is 1. The number of nitrogens with zero attached hydrogens (tertiary/aromatic N) is 2. The van der Waals surface area contributed by atoms with Crippen LogP contribution in [0.15, 0.2) is 30.6 Å². The number of Topliss-reactive ketones (excluding diaryl/α,β-unsaturated/α-hetero) is 1. The Bertz CT molecular complexity index is 945. The number of hydrogen-bond acceptors (Lipinski definition) is 5. The number of alkyl halides is 3. The topological polar surface area (TPSA) is 81.2 Å². The zero-order chi connectivity index (χ0) is 21.9. The number of ketones is 1. The lowest BCUT2D eigenvalue weighted by atomic mass is 10.1. The molecule has 160 valence electrons. The maximum atomic E-state index is 13.9. The second-order valence-corrected chi connectivity index (χ2v) is 7.11. The largest absolute Gasteiger partial charge is 0.466 e. The van der Waals surface area contributed by atoms with Crippen LogP contribution < -0.4 is 10.1 Å². The summed E-state index contributed by atoms with van der Waals surface area (Å²) in [7, 11) is 0. The first-order chi connectivity index (χ1) is 14.1. The normalized spacial score (nSPS) is 14.8. The fraction of sp³-hybridized carbons (Fsp3) is 0.400. The van der Waals surface area contributed by atoms with E-state index in [0.29, 0.717) is 11.3 Å². The zero-order valence-electron chi connectivity index (χ0n) is 16.0. The van der Waals surface area contributed by atoms with Gasteiger partial charge in [0.15, 0.2) is 12.4 Å². The molecule has 1 unspecified atom stereocenters. The Kier molecular flexibility index (Phi) is 6.33. The van der Waals surface area contributed by atoms with E-state index in [1.807, 2.05) is 0 Å². The summed E-state index contributed by atoms with van der Waals surface area (Å²) in [6.45, 7) is 0.0114. The molecule has 0 saturated heterocycles. The van der Waals surface area contributed by atoms with E-state index in [9.17, 15) is 27.2 Å². The van der Waals surface area contributed by atoms with E-state index in [-0.39, 0.29) is 23.7 Å². The monoisotopic (exact) mass is 425 g/mol. The van der Waals surface area contributed by atoms with Crippen molar-refractivity contribution >= 4 is 11.7 Å². The smallest absolute Gasteiger partial charge is 0.422 e. The van der Waals surface area contributed by atoms with Gasteiger partial charge in [0, 0.05) is 30.4 Å². The van der Waals surface area contributed by atoms with E-state index >= 15 is 0 Å². The van der Waals surface area contributed by atoms with Gasteiger partial charge in [0.2, 0.25) is 0 Å². The molecule has 0 spiro atoms. The number of nitrogens with one attached hydrogen (secondary N) is 1. The van der Waals surface area contributed by atoms with Gasteiger partial charge in [0.25, 0.3) is 11.8 Å². The number of carbonyl (C=O) groups is 2. The molecular formula is C20H19F4N3O3. The van der Waals surface area contributed by atoms with Gasteiger partial charge >= 0.3 is 6.18 Å². The van der Waals surface area contributed by atoms with Crippen molar-refractivity contribution in [3.8, 4) is 5.88 Å². The summed E-state index contributed by atoms with van der Waals surface area (Å²) >= 11 is 0. The predicted molar refractivity (Wildman–Crippen MR) is 97.3 cm³/mol. The molecule has 1 N–H and O–H groups in total. The van der Waals surface area contributed by atoms with Gasteiger partial charge in [-0.05, 0) is 43.5 Å². The third kappa shape index (κ3) is 5.98. The summed E-state index contributed by atoms with van der Waals surface area (Å²) in [4.78, 5) is 31.9. The van der Waals surface area contributed by atoms with Crippen LogP contribution in [0.1, 0.15) is 47.4 Å². The molecule has 2 aromatic rings. The lowest BCUT2D eigenvalue weighted by Gasteiger charge is -2.15. The van der Waals surface area contributed by atoms with Crippen molar-refractivity contribution in [3.63, 3.8) is 0 Å².